The molecule has 158 valence electrons. The van der Waals surface area contributed by atoms with Gasteiger partial charge in [-0.3, -0.25) is 4.79 Å². The monoisotopic (exact) mass is 430 g/mol. The van der Waals surface area contributed by atoms with Crippen LogP contribution in [0.3, 0.4) is 0 Å². The molecule has 2 aromatic carbocycles. The maximum Gasteiger partial charge on any atom is 0.416 e. The molecule has 2 rings (SSSR count). The maximum atomic E-state index is 12.8. The summed E-state index contributed by atoms with van der Waals surface area (Å²) in [5.74, 6) is -0.313. The molecule has 29 heavy (non-hydrogen) atoms. The van der Waals surface area contributed by atoms with Gasteiger partial charge in [0, 0.05) is 12.6 Å². The Balaban J connectivity index is 2.26. The van der Waals surface area contributed by atoms with Crippen molar-refractivity contribution in [2.75, 3.05) is 7.11 Å². The number of hydrogen-bond acceptors (Lipinski definition) is 4. The Morgan fingerprint density at radius 1 is 1.14 bits per heavy atom. The molecule has 1 amide bonds. The molecule has 0 aliphatic rings. The highest BCUT2D eigenvalue weighted by molar-refractivity contribution is 7.89. The number of carbonyl (C=O) groups is 1. The summed E-state index contributed by atoms with van der Waals surface area (Å²) < 4.78 is 70.9. The van der Waals surface area contributed by atoms with Gasteiger partial charge in [0.15, 0.2) is 0 Å². The summed E-state index contributed by atoms with van der Waals surface area (Å²) in [7, 11) is -2.73. The smallest absolute Gasteiger partial charge is 0.416 e. The summed E-state index contributed by atoms with van der Waals surface area (Å²) >= 11 is 0. The van der Waals surface area contributed by atoms with E-state index in [-0.39, 0.29) is 34.4 Å². The number of amides is 1. The van der Waals surface area contributed by atoms with Crippen molar-refractivity contribution >= 4 is 15.9 Å². The van der Waals surface area contributed by atoms with Gasteiger partial charge < -0.3 is 10.1 Å². The van der Waals surface area contributed by atoms with E-state index in [0.29, 0.717) is 0 Å². The van der Waals surface area contributed by atoms with E-state index in [9.17, 15) is 26.4 Å². The SMILES string of the molecule is COc1ccc(S(=O)(=O)NCc2cccc(C(F)(F)F)c2)cc1C(=O)NC(C)C. The molecule has 0 aliphatic carbocycles. The highest BCUT2D eigenvalue weighted by Crippen LogP contribution is 2.29. The summed E-state index contributed by atoms with van der Waals surface area (Å²) in [5, 5.41) is 2.65. The zero-order chi connectivity index (χ0) is 21.8. The third-order valence-corrected chi connectivity index (χ3v) is 5.27. The summed E-state index contributed by atoms with van der Waals surface area (Å²) in [6.45, 7) is 3.16. The van der Waals surface area contributed by atoms with Crippen molar-refractivity contribution in [1.29, 1.82) is 0 Å². The first-order chi connectivity index (χ1) is 13.4. The first-order valence-corrected chi connectivity index (χ1v) is 10.1. The second-order valence-electron chi connectivity index (χ2n) is 6.51. The number of methoxy groups -OCH3 is 1. The molecule has 0 atom stereocenters. The third-order valence-electron chi connectivity index (χ3n) is 3.87. The Morgan fingerprint density at radius 2 is 1.83 bits per heavy atom. The fourth-order valence-electron chi connectivity index (χ4n) is 2.49. The van der Waals surface area contributed by atoms with Crippen LogP contribution in [0.4, 0.5) is 13.2 Å². The van der Waals surface area contributed by atoms with E-state index in [4.69, 9.17) is 4.74 Å². The zero-order valence-electron chi connectivity index (χ0n) is 16.0. The number of benzene rings is 2. The Labute approximate surface area is 167 Å². The highest BCUT2D eigenvalue weighted by Gasteiger charge is 2.30. The lowest BCUT2D eigenvalue weighted by Crippen LogP contribution is -2.31. The molecule has 2 N–H and O–H groups in total. The second kappa shape index (κ2) is 8.83. The molecular weight excluding hydrogens is 409 g/mol. The lowest BCUT2D eigenvalue weighted by atomic mass is 10.1. The van der Waals surface area contributed by atoms with E-state index in [0.717, 1.165) is 18.2 Å². The van der Waals surface area contributed by atoms with Crippen LogP contribution in [0.15, 0.2) is 47.4 Å². The number of rotatable bonds is 7. The molecule has 0 bridgehead atoms. The standard InChI is InChI=1S/C19H21F3N2O4S/c1-12(2)24-18(25)16-10-15(7-8-17(16)28-3)29(26,27)23-11-13-5-4-6-14(9-13)19(20,21)22/h4-10,12,23H,11H2,1-3H3,(H,24,25). The number of carbonyl (C=O) groups excluding carboxylic acids is 1. The van der Waals surface area contributed by atoms with E-state index in [1.807, 2.05) is 0 Å². The summed E-state index contributed by atoms with van der Waals surface area (Å²) in [5.41, 5.74) is -0.691. The first kappa shape index (κ1) is 22.7. The van der Waals surface area contributed by atoms with Crippen molar-refractivity contribution in [1.82, 2.24) is 10.0 Å². The van der Waals surface area contributed by atoms with Crippen LogP contribution in [0.25, 0.3) is 0 Å². The molecule has 6 nitrogen and oxygen atoms in total. The van der Waals surface area contributed by atoms with Gasteiger partial charge in [0.1, 0.15) is 5.75 Å². The predicted octanol–water partition coefficient (Wildman–Crippen LogP) is 3.33. The predicted molar refractivity (Wildman–Crippen MR) is 101 cm³/mol. The normalized spacial score (nSPS) is 12.1. The lowest BCUT2D eigenvalue weighted by Gasteiger charge is -2.14. The Kier molecular flexibility index (Phi) is 6.91. The largest absolute Gasteiger partial charge is 0.496 e. The van der Waals surface area contributed by atoms with Gasteiger partial charge in [0.2, 0.25) is 10.0 Å². The Hall–Kier alpha value is -2.59. The lowest BCUT2D eigenvalue weighted by molar-refractivity contribution is -0.137. The van der Waals surface area contributed by atoms with Gasteiger partial charge in [0.05, 0.1) is 23.1 Å². The van der Waals surface area contributed by atoms with E-state index in [1.54, 1.807) is 13.8 Å². The number of alkyl halides is 3. The van der Waals surface area contributed by atoms with E-state index >= 15 is 0 Å². The van der Waals surface area contributed by atoms with Crippen LogP contribution in [0, 0.1) is 0 Å². The van der Waals surface area contributed by atoms with Crippen molar-refractivity contribution in [2.45, 2.75) is 37.5 Å². The minimum atomic E-state index is -4.52. The van der Waals surface area contributed by atoms with Gasteiger partial charge in [0.25, 0.3) is 5.91 Å². The van der Waals surface area contributed by atoms with Crippen LogP contribution < -0.4 is 14.8 Å². The van der Waals surface area contributed by atoms with Gasteiger partial charge in [-0.25, -0.2) is 13.1 Å². The quantitative estimate of drug-likeness (QED) is 0.706. The van der Waals surface area contributed by atoms with Crippen LogP contribution in [-0.2, 0) is 22.7 Å². The van der Waals surface area contributed by atoms with Crippen molar-refractivity contribution < 1.29 is 31.1 Å². The molecule has 0 unspecified atom stereocenters. The van der Waals surface area contributed by atoms with Crippen LogP contribution in [0.5, 0.6) is 5.75 Å². The van der Waals surface area contributed by atoms with Crippen LogP contribution in [-0.4, -0.2) is 27.5 Å². The van der Waals surface area contributed by atoms with E-state index < -0.39 is 27.7 Å². The minimum absolute atomic E-state index is 0.0307. The van der Waals surface area contributed by atoms with Crippen molar-refractivity contribution in [3.8, 4) is 5.75 Å². The van der Waals surface area contributed by atoms with E-state index in [2.05, 4.69) is 10.0 Å². The fourth-order valence-corrected chi connectivity index (χ4v) is 3.53. The highest BCUT2D eigenvalue weighted by atomic mass is 32.2. The van der Waals surface area contributed by atoms with Gasteiger partial charge in [-0.1, -0.05) is 18.2 Å². The Bertz CT molecular complexity index is 989. The van der Waals surface area contributed by atoms with Gasteiger partial charge in [-0.2, -0.15) is 13.2 Å². The zero-order valence-corrected chi connectivity index (χ0v) is 16.8. The second-order valence-corrected chi connectivity index (χ2v) is 8.28. The average Bonchev–Trinajstić information content (AvgIpc) is 2.65. The molecule has 0 saturated carbocycles. The summed E-state index contributed by atoms with van der Waals surface area (Å²) in [6, 6.07) is 7.94. The minimum Gasteiger partial charge on any atom is -0.496 e. The fraction of sp³-hybridized carbons (Fsp3) is 0.316. The Morgan fingerprint density at radius 3 is 2.41 bits per heavy atom. The van der Waals surface area contributed by atoms with Crippen LogP contribution in [0.2, 0.25) is 0 Å². The number of sulfonamides is 1. The molecule has 10 heteroatoms. The van der Waals surface area contributed by atoms with Gasteiger partial charge in [-0.05, 0) is 43.7 Å². The van der Waals surface area contributed by atoms with Gasteiger partial charge in [-0.15, -0.1) is 0 Å². The molecule has 0 fully saturated rings. The summed E-state index contributed by atoms with van der Waals surface area (Å²) in [6.07, 6.45) is -4.52. The molecular formula is C19H21F3N2O4S. The molecule has 0 heterocycles. The molecule has 0 radical (unpaired) electrons. The van der Waals surface area contributed by atoms with Crippen molar-refractivity contribution in [3.63, 3.8) is 0 Å². The topological polar surface area (TPSA) is 84.5 Å². The number of halogens is 3. The molecule has 0 saturated heterocycles. The number of nitrogens with one attached hydrogen (secondary N) is 2. The third kappa shape index (κ3) is 5.94. The maximum absolute atomic E-state index is 12.8. The first-order valence-electron chi connectivity index (χ1n) is 8.58. The van der Waals surface area contributed by atoms with Gasteiger partial charge >= 0.3 is 6.18 Å². The van der Waals surface area contributed by atoms with E-state index in [1.165, 1.54) is 31.4 Å². The molecule has 0 spiro atoms. The summed E-state index contributed by atoms with van der Waals surface area (Å²) in [4.78, 5) is 12.1. The average molecular weight is 430 g/mol. The van der Waals surface area contributed by atoms with Crippen LogP contribution in [0.1, 0.15) is 35.3 Å². The number of ether oxygens (including phenoxy) is 1. The van der Waals surface area contributed by atoms with Crippen molar-refractivity contribution in [3.05, 3.63) is 59.2 Å². The molecule has 0 aromatic heterocycles. The number of hydrogen-bond donors (Lipinski definition) is 2. The molecule has 2 aromatic rings. The molecule has 0 aliphatic heterocycles. The van der Waals surface area contributed by atoms with Crippen LogP contribution >= 0.6 is 0 Å². The van der Waals surface area contributed by atoms with Crippen molar-refractivity contribution in [2.24, 2.45) is 0 Å².